The molecule has 0 aliphatic heterocycles. The number of hydrogen-bond acceptors (Lipinski definition) is 4. The van der Waals surface area contributed by atoms with Crippen molar-refractivity contribution in [3.05, 3.63) is 17.5 Å². The van der Waals surface area contributed by atoms with Gasteiger partial charge in [-0.05, 0) is 17.5 Å². The summed E-state index contributed by atoms with van der Waals surface area (Å²) in [7, 11) is 1.26. The average molecular weight is 207 g/mol. The Morgan fingerprint density at radius 1 is 1.75 bits per heavy atom. The van der Waals surface area contributed by atoms with E-state index in [-0.39, 0.29) is 0 Å². The van der Waals surface area contributed by atoms with E-state index < -0.39 is 11.5 Å². The molecule has 0 aliphatic carbocycles. The van der Waals surface area contributed by atoms with Gasteiger partial charge in [0.2, 0.25) is 0 Å². The van der Waals surface area contributed by atoms with Crippen LogP contribution in [0.25, 0.3) is 0 Å². The van der Waals surface area contributed by atoms with E-state index in [4.69, 9.17) is 16.3 Å². The fourth-order valence-electron chi connectivity index (χ4n) is 0.573. The number of alkyl halides is 1. The van der Waals surface area contributed by atoms with Crippen LogP contribution in [0, 0.1) is 0 Å². The molecule has 0 saturated heterocycles. The Bertz CT molecular complexity index is 247. The lowest BCUT2D eigenvalue weighted by Gasteiger charge is -2.07. The second-order valence-electron chi connectivity index (χ2n) is 1.89. The number of carbonyl (C=O) groups is 1. The van der Waals surface area contributed by atoms with Gasteiger partial charge in [0.25, 0.3) is 5.56 Å². The smallest absolute Gasteiger partial charge is 0.363 e. The van der Waals surface area contributed by atoms with Crippen LogP contribution in [-0.2, 0) is 9.53 Å². The predicted molar refractivity (Wildman–Crippen MR) is 46.6 cm³/mol. The standard InChI is InChI=1S/C7H7ClO3S/c1-10-7(9)6(8)11-5-3-2-4-12-5/h2-4,6H,1H3. The van der Waals surface area contributed by atoms with Crippen molar-refractivity contribution in [2.75, 3.05) is 7.11 Å². The SMILES string of the molecule is COC(=O)C(Cl)Oc1cccs1. The quantitative estimate of drug-likeness (QED) is 0.560. The van der Waals surface area contributed by atoms with Gasteiger partial charge in [0.1, 0.15) is 0 Å². The highest BCUT2D eigenvalue weighted by Crippen LogP contribution is 2.20. The molecule has 5 heteroatoms. The van der Waals surface area contributed by atoms with Crippen molar-refractivity contribution < 1.29 is 14.3 Å². The average Bonchev–Trinajstić information content (AvgIpc) is 2.55. The monoisotopic (exact) mass is 206 g/mol. The molecular formula is C7H7ClO3S. The summed E-state index contributed by atoms with van der Waals surface area (Å²) in [4.78, 5) is 10.8. The van der Waals surface area contributed by atoms with Crippen LogP contribution in [-0.4, -0.2) is 18.6 Å². The van der Waals surface area contributed by atoms with Crippen LogP contribution in [0.15, 0.2) is 17.5 Å². The van der Waals surface area contributed by atoms with E-state index in [1.54, 1.807) is 12.1 Å². The van der Waals surface area contributed by atoms with Gasteiger partial charge < -0.3 is 9.47 Å². The normalized spacial score (nSPS) is 12.2. The molecule has 0 spiro atoms. The molecular weight excluding hydrogens is 200 g/mol. The Morgan fingerprint density at radius 3 is 3.00 bits per heavy atom. The van der Waals surface area contributed by atoms with E-state index in [0.29, 0.717) is 5.06 Å². The number of hydrogen-bond donors (Lipinski definition) is 0. The number of methoxy groups -OCH3 is 1. The van der Waals surface area contributed by atoms with Crippen molar-refractivity contribution in [1.29, 1.82) is 0 Å². The Labute approximate surface area is 78.9 Å². The maximum Gasteiger partial charge on any atom is 0.363 e. The van der Waals surface area contributed by atoms with Gasteiger partial charge in [-0.3, -0.25) is 0 Å². The lowest BCUT2D eigenvalue weighted by molar-refractivity contribution is -0.144. The first-order valence-corrected chi connectivity index (χ1v) is 4.47. The van der Waals surface area contributed by atoms with Gasteiger partial charge in [-0.1, -0.05) is 11.6 Å². The zero-order chi connectivity index (χ0) is 8.97. The van der Waals surface area contributed by atoms with Crippen molar-refractivity contribution >= 4 is 28.9 Å². The van der Waals surface area contributed by atoms with E-state index >= 15 is 0 Å². The van der Waals surface area contributed by atoms with Crippen molar-refractivity contribution in [1.82, 2.24) is 0 Å². The first kappa shape index (κ1) is 9.35. The molecule has 1 aromatic rings. The third-order valence-electron chi connectivity index (χ3n) is 1.10. The minimum atomic E-state index is -1.06. The number of thiophene rings is 1. The van der Waals surface area contributed by atoms with Gasteiger partial charge in [0, 0.05) is 0 Å². The maximum atomic E-state index is 10.8. The van der Waals surface area contributed by atoms with Gasteiger partial charge in [0.05, 0.1) is 7.11 Å². The summed E-state index contributed by atoms with van der Waals surface area (Å²) in [6, 6.07) is 3.53. The predicted octanol–water partition coefficient (Wildman–Crippen LogP) is 1.86. The molecule has 0 fully saturated rings. The van der Waals surface area contributed by atoms with E-state index in [9.17, 15) is 4.79 Å². The number of esters is 1. The summed E-state index contributed by atoms with van der Waals surface area (Å²) >= 11 is 6.90. The zero-order valence-corrected chi connectivity index (χ0v) is 7.89. The summed E-state index contributed by atoms with van der Waals surface area (Å²) < 4.78 is 9.39. The van der Waals surface area contributed by atoms with Crippen molar-refractivity contribution in [3.63, 3.8) is 0 Å². The largest absolute Gasteiger partial charge is 0.465 e. The highest BCUT2D eigenvalue weighted by Gasteiger charge is 2.17. The van der Waals surface area contributed by atoms with Crippen LogP contribution in [0.1, 0.15) is 0 Å². The Kier molecular flexibility index (Phi) is 3.37. The molecule has 0 radical (unpaired) electrons. The van der Waals surface area contributed by atoms with Crippen LogP contribution in [0.5, 0.6) is 5.06 Å². The summed E-state index contributed by atoms with van der Waals surface area (Å²) in [5.41, 5.74) is -1.06. The van der Waals surface area contributed by atoms with Crippen LogP contribution in [0.2, 0.25) is 0 Å². The molecule has 0 N–H and O–H groups in total. The second-order valence-corrected chi connectivity index (χ2v) is 3.20. The number of ether oxygens (including phenoxy) is 2. The van der Waals surface area contributed by atoms with Crippen LogP contribution in [0.3, 0.4) is 0 Å². The van der Waals surface area contributed by atoms with E-state index in [0.717, 1.165) is 0 Å². The van der Waals surface area contributed by atoms with Gasteiger partial charge in [-0.25, -0.2) is 4.79 Å². The molecule has 1 rings (SSSR count). The van der Waals surface area contributed by atoms with Crippen LogP contribution in [0.4, 0.5) is 0 Å². The van der Waals surface area contributed by atoms with Crippen LogP contribution >= 0.6 is 22.9 Å². The van der Waals surface area contributed by atoms with Crippen LogP contribution < -0.4 is 4.74 Å². The molecule has 1 aromatic heterocycles. The summed E-state index contributed by atoms with van der Waals surface area (Å²) in [6.45, 7) is 0. The fourth-order valence-corrected chi connectivity index (χ4v) is 1.41. The highest BCUT2D eigenvalue weighted by molar-refractivity contribution is 7.11. The Balaban J connectivity index is 2.47. The summed E-state index contributed by atoms with van der Waals surface area (Å²) in [5, 5.41) is 2.43. The summed E-state index contributed by atoms with van der Waals surface area (Å²) in [6.07, 6.45) is 0. The highest BCUT2D eigenvalue weighted by atomic mass is 35.5. The topological polar surface area (TPSA) is 35.5 Å². The first-order valence-electron chi connectivity index (χ1n) is 3.16. The molecule has 0 bridgehead atoms. The van der Waals surface area contributed by atoms with Gasteiger partial charge in [-0.2, -0.15) is 0 Å². The Morgan fingerprint density at radius 2 is 2.50 bits per heavy atom. The van der Waals surface area contributed by atoms with Gasteiger partial charge in [-0.15, -0.1) is 11.3 Å². The molecule has 12 heavy (non-hydrogen) atoms. The minimum Gasteiger partial charge on any atom is -0.465 e. The molecule has 0 amide bonds. The minimum absolute atomic E-state index is 0.593. The molecule has 1 atom stereocenters. The van der Waals surface area contributed by atoms with Gasteiger partial charge in [0.15, 0.2) is 5.06 Å². The zero-order valence-electron chi connectivity index (χ0n) is 6.32. The number of rotatable bonds is 3. The lowest BCUT2D eigenvalue weighted by Crippen LogP contribution is -2.21. The van der Waals surface area contributed by atoms with Crippen molar-refractivity contribution in [2.24, 2.45) is 0 Å². The number of carbonyl (C=O) groups excluding carboxylic acids is 1. The lowest BCUT2D eigenvalue weighted by atomic mass is 10.6. The number of halogens is 1. The molecule has 66 valence electrons. The van der Waals surface area contributed by atoms with Crippen molar-refractivity contribution in [2.45, 2.75) is 5.56 Å². The first-order chi connectivity index (χ1) is 5.74. The second kappa shape index (κ2) is 4.33. The fraction of sp³-hybridized carbons (Fsp3) is 0.286. The molecule has 1 heterocycles. The molecule has 0 aliphatic rings. The van der Waals surface area contributed by atoms with E-state index in [1.165, 1.54) is 18.4 Å². The third kappa shape index (κ3) is 2.39. The maximum absolute atomic E-state index is 10.8. The van der Waals surface area contributed by atoms with E-state index in [1.807, 2.05) is 5.38 Å². The Hall–Kier alpha value is -0.740. The van der Waals surface area contributed by atoms with Gasteiger partial charge >= 0.3 is 5.97 Å². The summed E-state index contributed by atoms with van der Waals surface area (Å²) in [5.74, 6) is -0.593. The molecule has 3 nitrogen and oxygen atoms in total. The third-order valence-corrected chi connectivity index (χ3v) is 2.13. The van der Waals surface area contributed by atoms with Crippen molar-refractivity contribution in [3.8, 4) is 5.06 Å². The van der Waals surface area contributed by atoms with E-state index in [2.05, 4.69) is 4.74 Å². The molecule has 0 saturated carbocycles. The molecule has 1 unspecified atom stereocenters. The molecule has 0 aromatic carbocycles.